The fourth-order valence-corrected chi connectivity index (χ4v) is 2.25. The first-order valence-corrected chi connectivity index (χ1v) is 7.24. The molecule has 0 fully saturated rings. The van der Waals surface area contributed by atoms with Crippen molar-refractivity contribution in [1.29, 1.82) is 0 Å². The Hall–Kier alpha value is -2.62. The minimum Gasteiger partial charge on any atom is -0.399 e. The van der Waals surface area contributed by atoms with Gasteiger partial charge in [0.25, 0.3) is 5.89 Å². The SMILES string of the molecule is CC(C)(C)c1ccc(-c2noc(-c3cccc(N)c3)n2)cc1. The lowest BCUT2D eigenvalue weighted by Gasteiger charge is -2.18. The van der Waals surface area contributed by atoms with Crippen LogP contribution < -0.4 is 5.73 Å². The zero-order chi connectivity index (χ0) is 15.7. The van der Waals surface area contributed by atoms with Gasteiger partial charge in [-0.3, -0.25) is 0 Å². The van der Waals surface area contributed by atoms with Crippen molar-refractivity contribution in [1.82, 2.24) is 10.1 Å². The van der Waals surface area contributed by atoms with Crippen molar-refractivity contribution in [3.8, 4) is 22.8 Å². The Morgan fingerprint density at radius 1 is 0.955 bits per heavy atom. The molecule has 0 unspecified atom stereocenters. The lowest BCUT2D eigenvalue weighted by atomic mass is 9.87. The number of nitrogen functional groups attached to an aromatic ring is 1. The van der Waals surface area contributed by atoms with Gasteiger partial charge < -0.3 is 10.3 Å². The summed E-state index contributed by atoms with van der Waals surface area (Å²) in [5.74, 6) is 1.06. The van der Waals surface area contributed by atoms with Crippen molar-refractivity contribution in [3.63, 3.8) is 0 Å². The largest absolute Gasteiger partial charge is 0.399 e. The Bertz CT molecular complexity index is 783. The van der Waals surface area contributed by atoms with E-state index < -0.39 is 0 Å². The molecule has 0 bridgehead atoms. The third-order valence-electron chi connectivity index (χ3n) is 3.57. The fraction of sp³-hybridized carbons (Fsp3) is 0.222. The van der Waals surface area contributed by atoms with Crippen molar-refractivity contribution in [2.45, 2.75) is 26.2 Å². The molecule has 2 aromatic carbocycles. The van der Waals surface area contributed by atoms with E-state index in [4.69, 9.17) is 10.3 Å². The van der Waals surface area contributed by atoms with Crippen LogP contribution in [-0.2, 0) is 5.41 Å². The van der Waals surface area contributed by atoms with E-state index in [-0.39, 0.29) is 5.41 Å². The van der Waals surface area contributed by atoms with E-state index in [1.807, 2.05) is 36.4 Å². The van der Waals surface area contributed by atoms with Crippen molar-refractivity contribution in [3.05, 3.63) is 54.1 Å². The Morgan fingerprint density at radius 2 is 1.68 bits per heavy atom. The van der Waals surface area contributed by atoms with E-state index in [1.54, 1.807) is 0 Å². The molecule has 2 N–H and O–H groups in total. The van der Waals surface area contributed by atoms with Crippen LogP contribution in [0.5, 0.6) is 0 Å². The molecule has 22 heavy (non-hydrogen) atoms. The summed E-state index contributed by atoms with van der Waals surface area (Å²) in [6.07, 6.45) is 0. The predicted molar refractivity (Wildman–Crippen MR) is 88.3 cm³/mol. The summed E-state index contributed by atoms with van der Waals surface area (Å²) < 4.78 is 5.34. The van der Waals surface area contributed by atoms with E-state index in [1.165, 1.54) is 5.56 Å². The molecule has 0 atom stereocenters. The third kappa shape index (κ3) is 2.86. The lowest BCUT2D eigenvalue weighted by molar-refractivity contribution is 0.432. The van der Waals surface area contributed by atoms with Gasteiger partial charge in [-0.15, -0.1) is 0 Å². The van der Waals surface area contributed by atoms with Crippen LogP contribution in [-0.4, -0.2) is 10.1 Å². The van der Waals surface area contributed by atoms with Crippen molar-refractivity contribution >= 4 is 5.69 Å². The van der Waals surface area contributed by atoms with Crippen LogP contribution in [0.3, 0.4) is 0 Å². The third-order valence-corrected chi connectivity index (χ3v) is 3.57. The second kappa shape index (κ2) is 5.30. The molecule has 0 radical (unpaired) electrons. The fourth-order valence-electron chi connectivity index (χ4n) is 2.25. The standard InChI is InChI=1S/C18H19N3O/c1-18(2,3)14-9-7-12(8-10-14)16-20-17(22-21-16)13-5-4-6-15(19)11-13/h4-11H,19H2,1-3H3. The number of hydrogen-bond donors (Lipinski definition) is 1. The van der Waals surface area contributed by atoms with Crippen molar-refractivity contribution in [2.75, 3.05) is 5.73 Å². The van der Waals surface area contributed by atoms with Gasteiger partial charge in [0.05, 0.1) is 0 Å². The quantitative estimate of drug-likeness (QED) is 0.716. The van der Waals surface area contributed by atoms with Gasteiger partial charge in [-0.25, -0.2) is 0 Å². The Kier molecular flexibility index (Phi) is 3.45. The van der Waals surface area contributed by atoms with Crippen molar-refractivity contribution in [2.24, 2.45) is 0 Å². The van der Waals surface area contributed by atoms with E-state index in [0.717, 1.165) is 11.1 Å². The molecule has 112 valence electrons. The Labute approximate surface area is 130 Å². The topological polar surface area (TPSA) is 64.9 Å². The maximum atomic E-state index is 5.78. The molecule has 1 aromatic heterocycles. The maximum Gasteiger partial charge on any atom is 0.258 e. The van der Waals surface area contributed by atoms with Crippen LogP contribution in [0, 0.1) is 0 Å². The van der Waals surface area contributed by atoms with E-state index >= 15 is 0 Å². The molecule has 3 aromatic rings. The van der Waals surface area contributed by atoms with Crippen LogP contribution >= 0.6 is 0 Å². The zero-order valence-electron chi connectivity index (χ0n) is 13.0. The summed E-state index contributed by atoms with van der Waals surface area (Å²) in [5, 5.41) is 4.06. The van der Waals surface area contributed by atoms with E-state index in [9.17, 15) is 0 Å². The molecule has 4 nitrogen and oxygen atoms in total. The highest BCUT2D eigenvalue weighted by Gasteiger charge is 2.15. The van der Waals surface area contributed by atoms with Crippen LogP contribution in [0.4, 0.5) is 5.69 Å². The van der Waals surface area contributed by atoms with Gasteiger partial charge in [0, 0.05) is 16.8 Å². The molecule has 0 aliphatic heterocycles. The average Bonchev–Trinajstić information content (AvgIpc) is 2.96. The molecule has 0 aliphatic carbocycles. The molecule has 0 aliphatic rings. The minimum absolute atomic E-state index is 0.127. The number of anilines is 1. The van der Waals surface area contributed by atoms with Crippen LogP contribution in [0.15, 0.2) is 53.1 Å². The lowest BCUT2D eigenvalue weighted by Crippen LogP contribution is -2.10. The molecular formula is C18H19N3O. The number of nitrogens with zero attached hydrogens (tertiary/aromatic N) is 2. The van der Waals surface area contributed by atoms with Crippen LogP contribution in [0.25, 0.3) is 22.8 Å². The molecular weight excluding hydrogens is 274 g/mol. The summed E-state index contributed by atoms with van der Waals surface area (Å²) in [5.41, 5.74) is 9.62. The number of hydrogen-bond acceptors (Lipinski definition) is 4. The number of aromatic nitrogens is 2. The number of nitrogens with two attached hydrogens (primary N) is 1. The molecule has 4 heteroatoms. The summed E-state index contributed by atoms with van der Waals surface area (Å²) in [6.45, 7) is 6.57. The van der Waals surface area contributed by atoms with Gasteiger partial charge in [0.15, 0.2) is 0 Å². The first-order valence-electron chi connectivity index (χ1n) is 7.24. The van der Waals surface area contributed by atoms with E-state index in [2.05, 4.69) is 43.0 Å². The van der Waals surface area contributed by atoms with Crippen LogP contribution in [0.2, 0.25) is 0 Å². The Morgan fingerprint density at radius 3 is 2.32 bits per heavy atom. The molecule has 0 spiro atoms. The van der Waals surface area contributed by atoms with E-state index in [0.29, 0.717) is 17.4 Å². The Balaban J connectivity index is 1.91. The summed E-state index contributed by atoms with van der Waals surface area (Å²) in [7, 11) is 0. The summed E-state index contributed by atoms with van der Waals surface area (Å²) in [6, 6.07) is 15.7. The van der Waals surface area contributed by atoms with Gasteiger partial charge in [0.1, 0.15) is 0 Å². The average molecular weight is 293 g/mol. The molecule has 0 saturated carbocycles. The maximum absolute atomic E-state index is 5.78. The van der Waals surface area contributed by atoms with Gasteiger partial charge >= 0.3 is 0 Å². The second-order valence-corrected chi connectivity index (χ2v) is 6.38. The van der Waals surface area contributed by atoms with Crippen molar-refractivity contribution < 1.29 is 4.52 Å². The smallest absolute Gasteiger partial charge is 0.258 e. The second-order valence-electron chi connectivity index (χ2n) is 6.38. The highest BCUT2D eigenvalue weighted by Crippen LogP contribution is 2.26. The normalized spacial score (nSPS) is 11.6. The molecule has 0 amide bonds. The molecule has 1 heterocycles. The highest BCUT2D eigenvalue weighted by molar-refractivity contribution is 5.63. The van der Waals surface area contributed by atoms with Gasteiger partial charge in [-0.1, -0.05) is 56.3 Å². The van der Waals surface area contributed by atoms with Crippen LogP contribution in [0.1, 0.15) is 26.3 Å². The zero-order valence-corrected chi connectivity index (χ0v) is 13.0. The molecule has 0 saturated heterocycles. The molecule has 3 rings (SSSR count). The first-order chi connectivity index (χ1) is 10.4. The highest BCUT2D eigenvalue weighted by atomic mass is 16.5. The monoisotopic (exact) mass is 293 g/mol. The number of benzene rings is 2. The minimum atomic E-state index is 0.127. The number of rotatable bonds is 2. The summed E-state index contributed by atoms with van der Waals surface area (Å²) >= 11 is 0. The predicted octanol–water partition coefficient (Wildman–Crippen LogP) is 4.28. The van der Waals surface area contributed by atoms with Gasteiger partial charge in [0.2, 0.25) is 5.82 Å². The first kappa shape index (κ1) is 14.3. The van der Waals surface area contributed by atoms with Gasteiger partial charge in [-0.2, -0.15) is 4.98 Å². The summed E-state index contributed by atoms with van der Waals surface area (Å²) in [4.78, 5) is 4.45. The van der Waals surface area contributed by atoms with Gasteiger partial charge in [-0.05, 0) is 29.2 Å².